The van der Waals surface area contributed by atoms with Crippen LogP contribution in [0.5, 0.6) is 0 Å². The Morgan fingerprint density at radius 1 is 1.42 bits per heavy atom. The molecule has 0 bridgehead atoms. The van der Waals surface area contributed by atoms with Crippen molar-refractivity contribution in [3.8, 4) is 0 Å². The maximum Gasteiger partial charge on any atom is 0.418 e. The lowest BCUT2D eigenvalue weighted by molar-refractivity contribution is -0.136. The quantitative estimate of drug-likeness (QED) is 0.778. The molecule has 0 saturated carbocycles. The third-order valence-electron chi connectivity index (χ3n) is 4.73. The zero-order valence-corrected chi connectivity index (χ0v) is 14.2. The van der Waals surface area contributed by atoms with Crippen LogP contribution in [0.4, 0.5) is 13.2 Å². The van der Waals surface area contributed by atoms with E-state index in [2.05, 4.69) is 15.6 Å². The summed E-state index contributed by atoms with van der Waals surface area (Å²) in [4.78, 5) is 15.9. The van der Waals surface area contributed by atoms with Gasteiger partial charge in [0.1, 0.15) is 6.61 Å². The molecule has 0 aliphatic carbocycles. The molecule has 0 spiro atoms. The number of fused-ring (bicyclic) bond motifs is 1. The fourth-order valence-electron chi connectivity index (χ4n) is 3.76. The summed E-state index contributed by atoms with van der Waals surface area (Å²) in [5.74, 6) is -0.380. The molecule has 0 radical (unpaired) electrons. The van der Waals surface area contributed by atoms with Gasteiger partial charge >= 0.3 is 6.18 Å². The predicted octanol–water partition coefficient (Wildman–Crippen LogP) is 2.19. The first-order chi connectivity index (χ1) is 12.3. The lowest BCUT2D eigenvalue weighted by Gasteiger charge is -2.42. The Bertz CT molecular complexity index is 825. The van der Waals surface area contributed by atoms with Gasteiger partial charge in [-0.05, 0) is 36.6 Å². The van der Waals surface area contributed by atoms with E-state index in [1.165, 1.54) is 12.3 Å². The van der Waals surface area contributed by atoms with Gasteiger partial charge in [-0.15, -0.1) is 0 Å². The summed E-state index contributed by atoms with van der Waals surface area (Å²) in [7, 11) is 0. The number of halogens is 3. The van der Waals surface area contributed by atoms with E-state index in [-0.39, 0.29) is 11.4 Å². The molecule has 26 heavy (non-hydrogen) atoms. The summed E-state index contributed by atoms with van der Waals surface area (Å²) in [5.41, 5.74) is -1.30. The molecule has 2 atom stereocenters. The molecule has 2 aromatic rings. The number of aromatic nitrogens is 1. The Morgan fingerprint density at radius 3 is 2.85 bits per heavy atom. The maximum absolute atomic E-state index is 13.4. The monoisotopic (exact) mass is 367 g/mol. The average molecular weight is 367 g/mol. The van der Waals surface area contributed by atoms with Crippen LogP contribution in [0, 0.1) is 5.92 Å². The SMILES string of the molecule is C[C@@H]1CNC[C@](NC(=O)CO)(c2ccc(C(F)(F)F)c3ncccc23)C1. The third-order valence-corrected chi connectivity index (χ3v) is 4.73. The van der Waals surface area contributed by atoms with Crippen LogP contribution in [0.2, 0.25) is 0 Å². The highest BCUT2D eigenvalue weighted by Crippen LogP contribution is 2.40. The highest BCUT2D eigenvalue weighted by atomic mass is 19.4. The van der Waals surface area contributed by atoms with E-state index in [1.807, 2.05) is 6.92 Å². The van der Waals surface area contributed by atoms with Crippen LogP contribution < -0.4 is 10.6 Å². The zero-order valence-electron chi connectivity index (χ0n) is 14.2. The Morgan fingerprint density at radius 2 is 2.19 bits per heavy atom. The number of pyridine rings is 1. The number of nitrogens with one attached hydrogen (secondary N) is 2. The number of aliphatic hydroxyl groups is 1. The fraction of sp³-hybridized carbons (Fsp3) is 0.444. The van der Waals surface area contributed by atoms with Gasteiger partial charge in [0.15, 0.2) is 0 Å². The van der Waals surface area contributed by atoms with Crippen molar-refractivity contribution in [3.63, 3.8) is 0 Å². The number of benzene rings is 1. The Balaban J connectivity index is 2.22. The Kier molecular flexibility index (Phi) is 4.90. The van der Waals surface area contributed by atoms with Crippen molar-refractivity contribution in [2.45, 2.75) is 25.1 Å². The van der Waals surface area contributed by atoms with Crippen LogP contribution >= 0.6 is 0 Å². The highest BCUT2D eigenvalue weighted by Gasteiger charge is 2.41. The minimum atomic E-state index is -4.52. The van der Waals surface area contributed by atoms with E-state index in [1.54, 1.807) is 12.1 Å². The first-order valence-corrected chi connectivity index (χ1v) is 8.35. The van der Waals surface area contributed by atoms with E-state index in [0.29, 0.717) is 23.9 Å². The van der Waals surface area contributed by atoms with Crippen molar-refractivity contribution < 1.29 is 23.1 Å². The van der Waals surface area contributed by atoms with E-state index >= 15 is 0 Å². The minimum Gasteiger partial charge on any atom is -0.387 e. The molecule has 140 valence electrons. The number of alkyl halides is 3. The summed E-state index contributed by atoms with van der Waals surface area (Å²) in [6.45, 7) is 2.41. The Labute approximate surface area is 148 Å². The first-order valence-electron chi connectivity index (χ1n) is 8.35. The van der Waals surface area contributed by atoms with Crippen LogP contribution in [0.25, 0.3) is 10.9 Å². The number of piperidine rings is 1. The molecular formula is C18H20F3N3O2. The molecule has 1 aromatic heterocycles. The van der Waals surface area contributed by atoms with Gasteiger partial charge in [0.25, 0.3) is 0 Å². The normalized spacial score (nSPS) is 23.8. The van der Waals surface area contributed by atoms with Gasteiger partial charge in [0.05, 0.1) is 16.6 Å². The molecule has 5 nitrogen and oxygen atoms in total. The molecule has 1 amide bonds. The summed E-state index contributed by atoms with van der Waals surface area (Å²) in [6.07, 6.45) is -2.66. The molecule has 8 heteroatoms. The number of nitrogens with zero attached hydrogens (tertiary/aromatic N) is 1. The zero-order chi connectivity index (χ0) is 18.9. The fourth-order valence-corrected chi connectivity index (χ4v) is 3.76. The van der Waals surface area contributed by atoms with Crippen molar-refractivity contribution in [1.29, 1.82) is 0 Å². The average Bonchev–Trinajstić information content (AvgIpc) is 2.59. The van der Waals surface area contributed by atoms with Gasteiger partial charge < -0.3 is 15.7 Å². The molecule has 1 fully saturated rings. The number of rotatable bonds is 3. The van der Waals surface area contributed by atoms with Crippen LogP contribution in [0.3, 0.4) is 0 Å². The molecule has 0 unspecified atom stereocenters. The number of carbonyl (C=O) groups excluding carboxylic acids is 1. The molecule has 3 N–H and O–H groups in total. The van der Waals surface area contributed by atoms with Crippen molar-refractivity contribution in [2.75, 3.05) is 19.7 Å². The van der Waals surface area contributed by atoms with Crippen LogP contribution in [0.15, 0.2) is 30.5 Å². The van der Waals surface area contributed by atoms with Crippen LogP contribution in [-0.4, -0.2) is 35.7 Å². The lowest BCUT2D eigenvalue weighted by atomic mass is 9.77. The number of aliphatic hydroxyl groups excluding tert-OH is 1. The largest absolute Gasteiger partial charge is 0.418 e. The molecule has 2 heterocycles. The highest BCUT2D eigenvalue weighted by molar-refractivity contribution is 5.88. The first kappa shape index (κ1) is 18.6. The smallest absolute Gasteiger partial charge is 0.387 e. The molecule has 1 aromatic carbocycles. The minimum absolute atomic E-state index is 0.145. The van der Waals surface area contributed by atoms with Gasteiger partial charge in [-0.25, -0.2) is 0 Å². The molecule has 1 saturated heterocycles. The Hall–Kier alpha value is -2.19. The summed E-state index contributed by atoms with van der Waals surface area (Å²) >= 11 is 0. The predicted molar refractivity (Wildman–Crippen MR) is 90.3 cm³/mol. The third kappa shape index (κ3) is 3.39. The van der Waals surface area contributed by atoms with Gasteiger partial charge in [0, 0.05) is 18.1 Å². The summed E-state index contributed by atoms with van der Waals surface area (Å²) in [5, 5.41) is 15.5. The topological polar surface area (TPSA) is 74.2 Å². The second-order valence-corrected chi connectivity index (χ2v) is 6.79. The molecular weight excluding hydrogens is 347 g/mol. The number of amides is 1. The maximum atomic E-state index is 13.4. The van der Waals surface area contributed by atoms with E-state index in [0.717, 1.165) is 12.6 Å². The van der Waals surface area contributed by atoms with Gasteiger partial charge in [0.2, 0.25) is 5.91 Å². The molecule has 1 aliphatic heterocycles. The second kappa shape index (κ2) is 6.85. The van der Waals surface area contributed by atoms with E-state index in [4.69, 9.17) is 5.11 Å². The van der Waals surface area contributed by atoms with Crippen LogP contribution in [0.1, 0.15) is 24.5 Å². The lowest BCUT2D eigenvalue weighted by Crippen LogP contribution is -2.57. The standard InChI is InChI=1S/C18H20F3N3O2/c1-11-7-17(10-22-8-11,24-15(26)9-25)13-4-5-14(18(19,20)21)16-12(13)3-2-6-23-16/h2-6,11,22,25H,7-10H2,1H3,(H,24,26)/t11-,17-/m0/s1. The number of hydrogen-bond acceptors (Lipinski definition) is 4. The number of carbonyl (C=O) groups is 1. The molecule has 1 aliphatic rings. The van der Waals surface area contributed by atoms with Gasteiger partial charge in [-0.1, -0.05) is 19.1 Å². The summed E-state index contributed by atoms with van der Waals surface area (Å²) in [6, 6.07) is 5.58. The van der Waals surface area contributed by atoms with Gasteiger partial charge in [-0.3, -0.25) is 9.78 Å². The van der Waals surface area contributed by atoms with Crippen LogP contribution in [-0.2, 0) is 16.5 Å². The number of hydrogen-bond donors (Lipinski definition) is 3. The van der Waals surface area contributed by atoms with E-state index in [9.17, 15) is 18.0 Å². The van der Waals surface area contributed by atoms with E-state index < -0.39 is 29.8 Å². The van der Waals surface area contributed by atoms with Gasteiger partial charge in [-0.2, -0.15) is 13.2 Å². The molecule has 3 rings (SSSR count). The van der Waals surface area contributed by atoms with Crippen molar-refractivity contribution in [3.05, 3.63) is 41.6 Å². The van der Waals surface area contributed by atoms with Crippen molar-refractivity contribution in [1.82, 2.24) is 15.6 Å². The van der Waals surface area contributed by atoms with Crippen molar-refractivity contribution in [2.24, 2.45) is 5.92 Å². The summed E-state index contributed by atoms with van der Waals surface area (Å²) < 4.78 is 40.1. The second-order valence-electron chi connectivity index (χ2n) is 6.79. The van der Waals surface area contributed by atoms with Crippen molar-refractivity contribution >= 4 is 16.8 Å².